The van der Waals surface area contributed by atoms with Crippen LogP contribution in [0.2, 0.25) is 5.02 Å². The Kier molecular flexibility index (Phi) is 4.64. The molecule has 1 heterocycles. The summed E-state index contributed by atoms with van der Waals surface area (Å²) in [5.74, 6) is -0.00428. The van der Waals surface area contributed by atoms with Gasteiger partial charge in [-0.25, -0.2) is 4.79 Å². The summed E-state index contributed by atoms with van der Waals surface area (Å²) in [4.78, 5) is 23.8. The molecule has 0 N–H and O–H groups in total. The fourth-order valence-electron chi connectivity index (χ4n) is 2.24. The molecule has 0 unspecified atom stereocenters. The average molecular weight is 345 g/mol. The van der Waals surface area contributed by atoms with E-state index in [0.717, 1.165) is 0 Å². The Morgan fingerprint density at radius 3 is 2.79 bits per heavy atom. The van der Waals surface area contributed by atoms with Crippen molar-refractivity contribution in [1.82, 2.24) is 0 Å². The van der Waals surface area contributed by atoms with Crippen molar-refractivity contribution >= 4 is 29.4 Å². The molecule has 0 amide bonds. The molecule has 0 saturated heterocycles. The average Bonchev–Trinajstić information content (AvgIpc) is 2.85. The highest BCUT2D eigenvalue weighted by Gasteiger charge is 2.28. The van der Waals surface area contributed by atoms with Gasteiger partial charge in [-0.2, -0.15) is 0 Å². The van der Waals surface area contributed by atoms with E-state index < -0.39 is 5.97 Å². The number of ether oxygens (including phenoxy) is 3. The van der Waals surface area contributed by atoms with Crippen LogP contribution in [0.3, 0.4) is 0 Å². The maximum atomic E-state index is 12.4. The van der Waals surface area contributed by atoms with Crippen LogP contribution in [0.4, 0.5) is 0 Å². The van der Waals surface area contributed by atoms with E-state index in [2.05, 4.69) is 0 Å². The summed E-state index contributed by atoms with van der Waals surface area (Å²) in [5, 5.41) is 0.520. The van der Waals surface area contributed by atoms with Crippen molar-refractivity contribution in [3.8, 4) is 11.5 Å². The fraction of sp³-hybridized carbons (Fsp3) is 0.111. The largest absolute Gasteiger partial charge is 0.452 e. The van der Waals surface area contributed by atoms with Gasteiger partial charge >= 0.3 is 5.97 Å². The second-order valence-corrected chi connectivity index (χ2v) is 5.43. The van der Waals surface area contributed by atoms with Crippen LogP contribution in [-0.2, 0) is 9.53 Å². The van der Waals surface area contributed by atoms with Crippen molar-refractivity contribution in [3.63, 3.8) is 0 Å². The topological polar surface area (TPSA) is 61.8 Å². The first-order valence-electron chi connectivity index (χ1n) is 7.11. The number of hydrogen-bond donors (Lipinski definition) is 0. The number of ketones is 1. The second kappa shape index (κ2) is 6.86. The molecule has 0 bridgehead atoms. The minimum absolute atomic E-state index is 0.158. The standard InChI is InChI=1S/C18H13ClO5/c1-22-10-17(20)23-12-6-7-13-15(9-12)24-16(18(13)21)8-11-4-2-3-5-14(11)19/h2-9H,10H2,1H3/b16-8-. The van der Waals surface area contributed by atoms with Gasteiger partial charge in [0.1, 0.15) is 18.1 Å². The second-order valence-electron chi connectivity index (χ2n) is 5.03. The van der Waals surface area contributed by atoms with Crippen LogP contribution in [0.15, 0.2) is 48.2 Å². The molecule has 3 rings (SSSR count). The number of allylic oxidation sites excluding steroid dienone is 1. The Labute approximate surface area is 143 Å². The molecule has 0 aromatic heterocycles. The summed E-state index contributed by atoms with van der Waals surface area (Å²) in [6.45, 7) is -0.158. The van der Waals surface area contributed by atoms with Crippen LogP contribution in [0.25, 0.3) is 6.08 Å². The van der Waals surface area contributed by atoms with E-state index in [0.29, 0.717) is 21.9 Å². The van der Waals surface area contributed by atoms with Gasteiger partial charge in [-0.05, 0) is 29.8 Å². The van der Waals surface area contributed by atoms with E-state index in [1.807, 2.05) is 6.07 Å². The molecule has 2 aromatic carbocycles. The molecular weight excluding hydrogens is 332 g/mol. The minimum atomic E-state index is -0.534. The highest BCUT2D eigenvalue weighted by atomic mass is 35.5. The summed E-state index contributed by atoms with van der Waals surface area (Å²) in [7, 11) is 1.40. The van der Waals surface area contributed by atoms with E-state index in [1.165, 1.54) is 19.2 Å². The highest BCUT2D eigenvalue weighted by Crippen LogP contribution is 2.35. The van der Waals surface area contributed by atoms with Gasteiger partial charge in [0.2, 0.25) is 5.78 Å². The lowest BCUT2D eigenvalue weighted by Gasteiger charge is -2.04. The van der Waals surface area contributed by atoms with Crippen molar-refractivity contribution in [2.24, 2.45) is 0 Å². The number of Topliss-reactive ketones (excluding diaryl/α,β-unsaturated/α-hetero) is 1. The number of carbonyl (C=O) groups is 2. The highest BCUT2D eigenvalue weighted by molar-refractivity contribution is 6.32. The number of hydrogen-bond acceptors (Lipinski definition) is 5. The van der Waals surface area contributed by atoms with Crippen molar-refractivity contribution < 1.29 is 23.8 Å². The number of methoxy groups -OCH3 is 1. The predicted molar refractivity (Wildman–Crippen MR) is 88.3 cm³/mol. The summed E-state index contributed by atoms with van der Waals surface area (Å²) in [6.07, 6.45) is 1.58. The van der Waals surface area contributed by atoms with E-state index in [1.54, 1.807) is 30.3 Å². The van der Waals surface area contributed by atoms with Crippen LogP contribution >= 0.6 is 11.6 Å². The number of fused-ring (bicyclic) bond motifs is 1. The SMILES string of the molecule is COCC(=O)Oc1ccc2c(c1)O/C(=C\c1ccccc1Cl)C2=O. The molecule has 0 spiro atoms. The lowest BCUT2D eigenvalue weighted by atomic mass is 10.1. The Balaban J connectivity index is 1.85. The lowest BCUT2D eigenvalue weighted by molar-refractivity contribution is -0.138. The smallest absolute Gasteiger partial charge is 0.337 e. The Bertz CT molecular complexity index is 841. The van der Waals surface area contributed by atoms with Crippen molar-refractivity contribution in [1.29, 1.82) is 0 Å². The molecule has 24 heavy (non-hydrogen) atoms. The molecule has 2 aromatic rings. The van der Waals surface area contributed by atoms with E-state index in [4.69, 9.17) is 25.8 Å². The number of rotatable bonds is 4. The normalized spacial score (nSPS) is 14.4. The Morgan fingerprint density at radius 1 is 1.25 bits per heavy atom. The van der Waals surface area contributed by atoms with Gasteiger partial charge < -0.3 is 14.2 Å². The van der Waals surface area contributed by atoms with Crippen LogP contribution in [-0.4, -0.2) is 25.5 Å². The van der Waals surface area contributed by atoms with E-state index in [-0.39, 0.29) is 23.9 Å². The third-order valence-electron chi connectivity index (χ3n) is 3.33. The number of carbonyl (C=O) groups excluding carboxylic acids is 2. The number of halogens is 1. The van der Waals surface area contributed by atoms with Gasteiger partial charge in [-0.1, -0.05) is 29.8 Å². The third kappa shape index (κ3) is 3.32. The van der Waals surface area contributed by atoms with Crippen LogP contribution in [0.1, 0.15) is 15.9 Å². The Hall–Kier alpha value is -2.63. The maximum absolute atomic E-state index is 12.4. The lowest BCUT2D eigenvalue weighted by Crippen LogP contribution is -2.14. The van der Waals surface area contributed by atoms with E-state index in [9.17, 15) is 9.59 Å². The summed E-state index contributed by atoms with van der Waals surface area (Å²) in [6, 6.07) is 11.7. The fourth-order valence-corrected chi connectivity index (χ4v) is 2.43. The molecule has 0 atom stereocenters. The predicted octanol–water partition coefficient (Wildman–Crippen LogP) is 3.51. The van der Waals surface area contributed by atoms with Crippen LogP contribution in [0.5, 0.6) is 11.5 Å². The molecule has 6 heteroatoms. The van der Waals surface area contributed by atoms with Gasteiger partial charge in [0.25, 0.3) is 0 Å². The monoisotopic (exact) mass is 344 g/mol. The first-order chi connectivity index (χ1) is 11.6. The molecule has 0 fully saturated rings. The molecular formula is C18H13ClO5. The van der Waals surface area contributed by atoms with Gasteiger partial charge in [-0.3, -0.25) is 4.79 Å². The molecule has 1 aliphatic rings. The Morgan fingerprint density at radius 2 is 2.04 bits per heavy atom. The molecule has 0 saturated carbocycles. The number of benzene rings is 2. The molecule has 122 valence electrons. The van der Waals surface area contributed by atoms with Crippen molar-refractivity contribution in [2.75, 3.05) is 13.7 Å². The zero-order valence-electron chi connectivity index (χ0n) is 12.7. The van der Waals surface area contributed by atoms with Gasteiger partial charge in [-0.15, -0.1) is 0 Å². The van der Waals surface area contributed by atoms with E-state index >= 15 is 0 Å². The first kappa shape index (κ1) is 16.2. The summed E-state index contributed by atoms with van der Waals surface area (Å²) < 4.78 is 15.4. The van der Waals surface area contributed by atoms with Gasteiger partial charge in [0.05, 0.1) is 5.56 Å². The molecule has 5 nitrogen and oxygen atoms in total. The summed E-state index contributed by atoms with van der Waals surface area (Å²) >= 11 is 6.09. The number of esters is 1. The molecule has 1 aliphatic heterocycles. The zero-order chi connectivity index (χ0) is 17.1. The third-order valence-corrected chi connectivity index (χ3v) is 3.67. The maximum Gasteiger partial charge on any atom is 0.337 e. The van der Waals surface area contributed by atoms with Gasteiger partial charge in [0, 0.05) is 18.2 Å². The zero-order valence-corrected chi connectivity index (χ0v) is 13.5. The summed E-state index contributed by atoms with van der Waals surface area (Å²) in [5.41, 5.74) is 1.09. The van der Waals surface area contributed by atoms with Crippen LogP contribution in [0, 0.1) is 0 Å². The van der Waals surface area contributed by atoms with Crippen LogP contribution < -0.4 is 9.47 Å². The minimum Gasteiger partial charge on any atom is -0.452 e. The van der Waals surface area contributed by atoms with Crippen molar-refractivity contribution in [2.45, 2.75) is 0 Å². The molecule has 0 aliphatic carbocycles. The van der Waals surface area contributed by atoms with Gasteiger partial charge in [0.15, 0.2) is 5.76 Å². The molecule has 0 radical (unpaired) electrons. The van der Waals surface area contributed by atoms with Crippen molar-refractivity contribution in [3.05, 3.63) is 64.4 Å². The quantitative estimate of drug-likeness (QED) is 0.482. The first-order valence-corrected chi connectivity index (χ1v) is 7.48.